The number of primary sulfonamides is 1. The molecule has 1 heterocycles. The zero-order valence-corrected chi connectivity index (χ0v) is 11.9. The van der Waals surface area contributed by atoms with Crippen LogP contribution in [0.4, 0.5) is 0 Å². The zero-order valence-electron chi connectivity index (χ0n) is 11.0. The van der Waals surface area contributed by atoms with Crippen LogP contribution in [-0.4, -0.2) is 34.1 Å². The minimum Gasteiger partial charge on any atom is -0.381 e. The molecule has 0 bridgehead atoms. The molecule has 6 nitrogen and oxygen atoms in total. The fraction of sp³-hybridized carbons (Fsp3) is 0.462. The van der Waals surface area contributed by atoms with Crippen LogP contribution >= 0.6 is 0 Å². The molecule has 0 spiro atoms. The van der Waals surface area contributed by atoms with Crippen molar-refractivity contribution in [2.75, 3.05) is 19.8 Å². The molecule has 1 aliphatic rings. The van der Waals surface area contributed by atoms with Crippen LogP contribution in [0, 0.1) is 5.92 Å². The van der Waals surface area contributed by atoms with Crippen LogP contribution in [0.1, 0.15) is 12.0 Å². The van der Waals surface area contributed by atoms with E-state index in [-0.39, 0.29) is 16.7 Å². The summed E-state index contributed by atoms with van der Waals surface area (Å²) < 4.78 is 27.4. The number of benzene rings is 1. The highest BCUT2D eigenvalue weighted by atomic mass is 32.2. The first-order chi connectivity index (χ1) is 9.47. The van der Waals surface area contributed by atoms with Crippen molar-refractivity contribution in [3.8, 4) is 0 Å². The van der Waals surface area contributed by atoms with Crippen molar-refractivity contribution in [3.63, 3.8) is 0 Å². The van der Waals surface area contributed by atoms with Crippen molar-refractivity contribution in [1.29, 1.82) is 0 Å². The van der Waals surface area contributed by atoms with Gasteiger partial charge in [-0.2, -0.15) is 0 Å². The number of nitrogens with two attached hydrogens (primary N) is 1. The Morgan fingerprint density at radius 2 is 2.05 bits per heavy atom. The third kappa shape index (κ3) is 4.03. The zero-order chi connectivity index (χ0) is 14.6. The number of rotatable bonds is 5. The Hall–Kier alpha value is -1.44. The summed E-state index contributed by atoms with van der Waals surface area (Å²) in [4.78, 5) is 11.8. The summed E-state index contributed by atoms with van der Waals surface area (Å²) in [5.74, 6) is -0.0246. The standard InChI is InChI=1S/C13H18N2O4S/c14-20(17,18)12-3-1-10(2-4-12)5-7-15-13(16)11-6-8-19-9-11/h1-4,11H,5-9H2,(H,15,16)(H2,14,17,18)/t11-/m1/s1. The highest BCUT2D eigenvalue weighted by molar-refractivity contribution is 7.89. The van der Waals surface area contributed by atoms with Crippen molar-refractivity contribution >= 4 is 15.9 Å². The van der Waals surface area contributed by atoms with Gasteiger partial charge in [0.05, 0.1) is 17.4 Å². The Bertz CT molecular complexity index is 563. The van der Waals surface area contributed by atoms with Gasteiger partial charge >= 0.3 is 0 Å². The molecule has 3 N–H and O–H groups in total. The third-order valence-corrected chi connectivity index (χ3v) is 4.19. The molecule has 0 aliphatic carbocycles. The van der Waals surface area contributed by atoms with E-state index in [1.54, 1.807) is 12.1 Å². The number of carbonyl (C=O) groups excluding carboxylic acids is 1. The largest absolute Gasteiger partial charge is 0.381 e. The van der Waals surface area contributed by atoms with E-state index < -0.39 is 10.0 Å². The van der Waals surface area contributed by atoms with Crippen LogP contribution in [0.2, 0.25) is 0 Å². The van der Waals surface area contributed by atoms with Gasteiger partial charge in [0.1, 0.15) is 0 Å². The second-order valence-electron chi connectivity index (χ2n) is 4.79. The van der Waals surface area contributed by atoms with Crippen molar-refractivity contribution in [1.82, 2.24) is 5.32 Å². The number of nitrogens with one attached hydrogen (secondary N) is 1. The Labute approximate surface area is 118 Å². The minimum atomic E-state index is -3.65. The number of hydrogen-bond acceptors (Lipinski definition) is 4. The predicted molar refractivity (Wildman–Crippen MR) is 73.5 cm³/mol. The Morgan fingerprint density at radius 1 is 1.35 bits per heavy atom. The smallest absolute Gasteiger partial charge is 0.238 e. The first kappa shape index (κ1) is 15.0. The molecule has 1 saturated heterocycles. The molecule has 1 aromatic carbocycles. The summed E-state index contributed by atoms with van der Waals surface area (Å²) in [7, 11) is -3.65. The normalized spacial score (nSPS) is 18.9. The number of hydrogen-bond donors (Lipinski definition) is 2. The molecule has 1 fully saturated rings. The van der Waals surface area contributed by atoms with Gasteiger partial charge in [0.2, 0.25) is 15.9 Å². The van der Waals surface area contributed by atoms with Gasteiger partial charge in [-0.3, -0.25) is 4.79 Å². The molecule has 1 aliphatic heterocycles. The Kier molecular flexibility index (Phi) is 4.74. The van der Waals surface area contributed by atoms with Gasteiger partial charge in [-0.25, -0.2) is 13.6 Å². The molecule has 0 radical (unpaired) electrons. The quantitative estimate of drug-likeness (QED) is 0.801. The van der Waals surface area contributed by atoms with E-state index in [0.717, 1.165) is 12.0 Å². The lowest BCUT2D eigenvalue weighted by molar-refractivity contribution is -0.124. The molecular weight excluding hydrogens is 280 g/mol. The van der Waals surface area contributed by atoms with Crippen LogP contribution in [0.5, 0.6) is 0 Å². The molecule has 1 atom stereocenters. The van der Waals surface area contributed by atoms with Crippen molar-refractivity contribution < 1.29 is 17.9 Å². The Balaban J connectivity index is 1.81. The second-order valence-corrected chi connectivity index (χ2v) is 6.35. The van der Waals surface area contributed by atoms with E-state index in [1.165, 1.54) is 12.1 Å². The van der Waals surface area contributed by atoms with Crippen LogP contribution in [-0.2, 0) is 26.0 Å². The molecule has 0 unspecified atom stereocenters. The fourth-order valence-corrected chi connectivity index (χ4v) is 2.58. The van der Waals surface area contributed by atoms with Crippen LogP contribution in [0.25, 0.3) is 0 Å². The highest BCUT2D eigenvalue weighted by Crippen LogP contribution is 2.12. The van der Waals surface area contributed by atoms with Gasteiger partial charge < -0.3 is 10.1 Å². The summed E-state index contributed by atoms with van der Waals surface area (Å²) in [6.07, 6.45) is 1.42. The summed E-state index contributed by atoms with van der Waals surface area (Å²) in [6.45, 7) is 1.66. The average Bonchev–Trinajstić information content (AvgIpc) is 2.92. The second kappa shape index (κ2) is 6.34. The topological polar surface area (TPSA) is 98.5 Å². The van der Waals surface area contributed by atoms with Gasteiger partial charge in [0.15, 0.2) is 0 Å². The molecular formula is C13H18N2O4S. The average molecular weight is 298 g/mol. The predicted octanol–water partition coefficient (Wildman–Crippen LogP) is 0.0292. The molecule has 0 aromatic heterocycles. The van der Waals surface area contributed by atoms with Crippen LogP contribution in [0.15, 0.2) is 29.2 Å². The molecule has 1 amide bonds. The van der Waals surface area contributed by atoms with E-state index in [9.17, 15) is 13.2 Å². The van der Waals surface area contributed by atoms with E-state index in [2.05, 4.69) is 5.32 Å². The third-order valence-electron chi connectivity index (χ3n) is 3.27. The first-order valence-corrected chi connectivity index (χ1v) is 7.98. The van der Waals surface area contributed by atoms with Crippen LogP contribution < -0.4 is 10.5 Å². The molecule has 110 valence electrons. The Morgan fingerprint density at radius 3 is 2.60 bits per heavy atom. The van der Waals surface area contributed by atoms with Crippen LogP contribution in [0.3, 0.4) is 0 Å². The molecule has 1 aromatic rings. The van der Waals surface area contributed by atoms with Crippen molar-refractivity contribution in [3.05, 3.63) is 29.8 Å². The minimum absolute atomic E-state index is 0.0173. The van der Waals surface area contributed by atoms with Crippen molar-refractivity contribution in [2.45, 2.75) is 17.7 Å². The number of sulfonamides is 1. The van der Waals surface area contributed by atoms with Gasteiger partial charge in [0, 0.05) is 13.2 Å². The van der Waals surface area contributed by atoms with Crippen molar-refractivity contribution in [2.24, 2.45) is 11.1 Å². The van der Waals surface area contributed by atoms with Gasteiger partial charge in [-0.15, -0.1) is 0 Å². The van der Waals surface area contributed by atoms with Gasteiger partial charge in [0.25, 0.3) is 0 Å². The lowest BCUT2D eigenvalue weighted by Crippen LogP contribution is -2.32. The maximum Gasteiger partial charge on any atom is 0.238 e. The number of ether oxygens (including phenoxy) is 1. The lowest BCUT2D eigenvalue weighted by atomic mass is 10.1. The monoisotopic (exact) mass is 298 g/mol. The van der Waals surface area contributed by atoms with E-state index in [4.69, 9.17) is 9.88 Å². The van der Waals surface area contributed by atoms with Gasteiger partial charge in [-0.05, 0) is 30.5 Å². The lowest BCUT2D eigenvalue weighted by Gasteiger charge is -2.09. The maximum absolute atomic E-state index is 11.7. The highest BCUT2D eigenvalue weighted by Gasteiger charge is 2.22. The maximum atomic E-state index is 11.7. The van der Waals surface area contributed by atoms with Gasteiger partial charge in [-0.1, -0.05) is 12.1 Å². The number of amides is 1. The summed E-state index contributed by atoms with van der Waals surface area (Å²) in [5.41, 5.74) is 0.945. The number of carbonyl (C=O) groups is 1. The summed E-state index contributed by atoms with van der Waals surface area (Å²) >= 11 is 0. The summed E-state index contributed by atoms with van der Waals surface area (Å²) in [5, 5.41) is 7.88. The fourth-order valence-electron chi connectivity index (χ4n) is 2.06. The van der Waals surface area contributed by atoms with E-state index in [1.807, 2.05) is 0 Å². The summed E-state index contributed by atoms with van der Waals surface area (Å²) in [6, 6.07) is 6.34. The molecule has 0 saturated carbocycles. The molecule has 20 heavy (non-hydrogen) atoms. The molecule has 7 heteroatoms. The van der Waals surface area contributed by atoms with E-state index >= 15 is 0 Å². The SMILES string of the molecule is NS(=O)(=O)c1ccc(CCNC(=O)[C@@H]2CCOC2)cc1. The van der Waals surface area contributed by atoms with E-state index in [0.29, 0.717) is 26.2 Å². The first-order valence-electron chi connectivity index (χ1n) is 6.44. The molecule has 2 rings (SSSR count).